The third kappa shape index (κ3) is 1.37. The first-order valence-corrected chi connectivity index (χ1v) is 4.49. The summed E-state index contributed by atoms with van der Waals surface area (Å²) in [6, 6.07) is 0.435. The van der Waals surface area contributed by atoms with E-state index in [-0.39, 0.29) is 0 Å². The van der Waals surface area contributed by atoms with Crippen molar-refractivity contribution >= 4 is 0 Å². The first-order valence-electron chi connectivity index (χ1n) is 4.49. The maximum Gasteiger partial charge on any atom is 0.0521 e. The molecule has 1 aromatic heterocycles. The number of rotatable bonds is 2. The molecule has 0 spiro atoms. The minimum Gasteiger partial charge on any atom is -0.327 e. The van der Waals surface area contributed by atoms with E-state index in [9.17, 15) is 0 Å². The van der Waals surface area contributed by atoms with Gasteiger partial charge in [-0.2, -0.15) is 5.10 Å². The summed E-state index contributed by atoms with van der Waals surface area (Å²) in [6.07, 6.45) is 7.60. The number of hydrogen-bond donors (Lipinski definition) is 1. The second-order valence-corrected chi connectivity index (χ2v) is 3.73. The van der Waals surface area contributed by atoms with Crippen LogP contribution in [0.2, 0.25) is 0 Å². The highest BCUT2D eigenvalue weighted by Crippen LogP contribution is 2.28. The molecule has 0 aliphatic heterocycles. The molecular formula is C9H15N3. The average Bonchev–Trinajstić information content (AvgIpc) is 2.44. The van der Waals surface area contributed by atoms with Crippen LogP contribution in [0.15, 0.2) is 12.4 Å². The SMILES string of the molecule is Cn1cc(CC2CCC2N)cn1. The Kier molecular flexibility index (Phi) is 1.89. The fourth-order valence-electron chi connectivity index (χ4n) is 1.73. The Labute approximate surface area is 72.6 Å². The summed E-state index contributed by atoms with van der Waals surface area (Å²) in [6.45, 7) is 0. The highest BCUT2D eigenvalue weighted by Gasteiger charge is 2.27. The van der Waals surface area contributed by atoms with Gasteiger partial charge in [0.1, 0.15) is 0 Å². The molecule has 1 fully saturated rings. The largest absolute Gasteiger partial charge is 0.327 e. The van der Waals surface area contributed by atoms with Crippen LogP contribution in [-0.2, 0) is 13.5 Å². The monoisotopic (exact) mass is 165 g/mol. The van der Waals surface area contributed by atoms with Crippen molar-refractivity contribution in [2.75, 3.05) is 0 Å². The molecular weight excluding hydrogens is 150 g/mol. The minimum absolute atomic E-state index is 0.435. The molecule has 1 saturated carbocycles. The van der Waals surface area contributed by atoms with Crippen molar-refractivity contribution < 1.29 is 0 Å². The Hall–Kier alpha value is -0.830. The third-order valence-electron chi connectivity index (χ3n) is 2.73. The maximum absolute atomic E-state index is 5.85. The lowest BCUT2D eigenvalue weighted by Gasteiger charge is -2.33. The number of aryl methyl sites for hydroxylation is 1. The van der Waals surface area contributed by atoms with Crippen molar-refractivity contribution in [3.63, 3.8) is 0 Å². The number of aromatic nitrogens is 2. The molecule has 1 aliphatic carbocycles. The van der Waals surface area contributed by atoms with E-state index in [0.29, 0.717) is 12.0 Å². The zero-order valence-electron chi connectivity index (χ0n) is 7.40. The van der Waals surface area contributed by atoms with Crippen LogP contribution in [0.5, 0.6) is 0 Å². The molecule has 3 heteroatoms. The lowest BCUT2D eigenvalue weighted by atomic mass is 9.77. The summed E-state index contributed by atoms with van der Waals surface area (Å²) in [5, 5.41) is 4.13. The summed E-state index contributed by atoms with van der Waals surface area (Å²) in [7, 11) is 1.95. The molecule has 2 unspecified atom stereocenters. The van der Waals surface area contributed by atoms with Crippen molar-refractivity contribution in [2.24, 2.45) is 18.7 Å². The maximum atomic E-state index is 5.85. The normalized spacial score (nSPS) is 28.5. The molecule has 0 radical (unpaired) electrons. The molecule has 3 nitrogen and oxygen atoms in total. The molecule has 2 atom stereocenters. The summed E-state index contributed by atoms with van der Waals surface area (Å²) in [5.41, 5.74) is 7.17. The molecule has 1 heterocycles. The first-order chi connectivity index (χ1) is 5.75. The molecule has 0 amide bonds. The summed E-state index contributed by atoms with van der Waals surface area (Å²) >= 11 is 0. The van der Waals surface area contributed by atoms with Crippen LogP contribution in [0.4, 0.5) is 0 Å². The van der Waals surface area contributed by atoms with E-state index >= 15 is 0 Å². The van der Waals surface area contributed by atoms with E-state index in [2.05, 4.69) is 11.3 Å². The van der Waals surface area contributed by atoms with Crippen molar-refractivity contribution in [2.45, 2.75) is 25.3 Å². The number of nitrogens with two attached hydrogens (primary N) is 1. The molecule has 2 rings (SSSR count). The Bertz CT molecular complexity index is 266. The first kappa shape index (κ1) is 7.80. The average molecular weight is 165 g/mol. The van der Waals surface area contributed by atoms with Crippen LogP contribution in [0.3, 0.4) is 0 Å². The van der Waals surface area contributed by atoms with Gasteiger partial charge in [-0.05, 0) is 30.7 Å². The molecule has 0 bridgehead atoms. The van der Waals surface area contributed by atoms with Gasteiger partial charge in [-0.15, -0.1) is 0 Å². The molecule has 66 valence electrons. The Balaban J connectivity index is 1.95. The predicted molar refractivity (Wildman–Crippen MR) is 47.6 cm³/mol. The molecule has 2 N–H and O–H groups in total. The predicted octanol–water partition coefficient (Wildman–Crippen LogP) is 0.700. The van der Waals surface area contributed by atoms with E-state index in [1.165, 1.54) is 18.4 Å². The summed E-state index contributed by atoms with van der Waals surface area (Å²) in [5.74, 6) is 0.703. The lowest BCUT2D eigenvalue weighted by molar-refractivity contribution is 0.256. The van der Waals surface area contributed by atoms with Gasteiger partial charge in [0.2, 0.25) is 0 Å². The van der Waals surface area contributed by atoms with Crippen LogP contribution in [0.25, 0.3) is 0 Å². The third-order valence-corrected chi connectivity index (χ3v) is 2.73. The van der Waals surface area contributed by atoms with Crippen LogP contribution < -0.4 is 5.73 Å². The molecule has 1 aromatic rings. The lowest BCUT2D eigenvalue weighted by Crippen LogP contribution is -2.40. The van der Waals surface area contributed by atoms with Gasteiger partial charge in [0.25, 0.3) is 0 Å². The van der Waals surface area contributed by atoms with Crippen LogP contribution in [-0.4, -0.2) is 15.8 Å². The van der Waals surface area contributed by atoms with Crippen molar-refractivity contribution in [1.82, 2.24) is 9.78 Å². The van der Waals surface area contributed by atoms with Gasteiger partial charge in [0.15, 0.2) is 0 Å². The van der Waals surface area contributed by atoms with E-state index in [4.69, 9.17) is 5.73 Å². The molecule has 1 aliphatic rings. The minimum atomic E-state index is 0.435. The smallest absolute Gasteiger partial charge is 0.0521 e. The standard InChI is InChI=1S/C9H15N3/c1-12-6-7(5-11-12)4-8-2-3-9(8)10/h5-6,8-9H,2-4,10H2,1H3. The van der Waals surface area contributed by atoms with Gasteiger partial charge in [0.05, 0.1) is 6.20 Å². The van der Waals surface area contributed by atoms with Gasteiger partial charge in [0, 0.05) is 19.3 Å². The summed E-state index contributed by atoms with van der Waals surface area (Å²) in [4.78, 5) is 0. The zero-order valence-corrected chi connectivity index (χ0v) is 7.40. The van der Waals surface area contributed by atoms with Crippen molar-refractivity contribution in [1.29, 1.82) is 0 Å². The molecule has 0 aromatic carbocycles. The number of nitrogens with zero attached hydrogens (tertiary/aromatic N) is 2. The second kappa shape index (κ2) is 2.90. The second-order valence-electron chi connectivity index (χ2n) is 3.73. The van der Waals surface area contributed by atoms with E-state index < -0.39 is 0 Å². The molecule has 0 saturated heterocycles. The topological polar surface area (TPSA) is 43.8 Å². The van der Waals surface area contributed by atoms with E-state index in [1.807, 2.05) is 17.9 Å². The van der Waals surface area contributed by atoms with Crippen LogP contribution in [0, 0.1) is 5.92 Å². The summed E-state index contributed by atoms with van der Waals surface area (Å²) < 4.78 is 1.85. The zero-order chi connectivity index (χ0) is 8.55. The van der Waals surface area contributed by atoms with Gasteiger partial charge in [-0.1, -0.05) is 0 Å². The van der Waals surface area contributed by atoms with Gasteiger partial charge in [-0.25, -0.2) is 0 Å². The van der Waals surface area contributed by atoms with Gasteiger partial charge < -0.3 is 5.73 Å². The van der Waals surface area contributed by atoms with E-state index in [0.717, 1.165) is 6.42 Å². The molecule has 12 heavy (non-hydrogen) atoms. The van der Waals surface area contributed by atoms with Crippen molar-refractivity contribution in [3.05, 3.63) is 18.0 Å². The quantitative estimate of drug-likeness (QED) is 0.701. The number of hydrogen-bond acceptors (Lipinski definition) is 2. The van der Waals surface area contributed by atoms with Gasteiger partial charge in [-0.3, -0.25) is 4.68 Å². The van der Waals surface area contributed by atoms with Crippen LogP contribution >= 0.6 is 0 Å². The van der Waals surface area contributed by atoms with Crippen molar-refractivity contribution in [3.8, 4) is 0 Å². The Morgan fingerprint density at radius 3 is 2.92 bits per heavy atom. The van der Waals surface area contributed by atoms with E-state index in [1.54, 1.807) is 0 Å². The van der Waals surface area contributed by atoms with Crippen LogP contribution in [0.1, 0.15) is 18.4 Å². The highest BCUT2D eigenvalue weighted by molar-refractivity contribution is 5.07. The Morgan fingerprint density at radius 1 is 1.67 bits per heavy atom. The Morgan fingerprint density at radius 2 is 2.50 bits per heavy atom. The van der Waals surface area contributed by atoms with Gasteiger partial charge >= 0.3 is 0 Å². The fourth-order valence-corrected chi connectivity index (χ4v) is 1.73. The fraction of sp³-hybridized carbons (Fsp3) is 0.667. The highest BCUT2D eigenvalue weighted by atomic mass is 15.2.